The normalized spacial score (nSPS) is 13.1. The largest absolute Gasteiger partial charge is 0.312 e. The molecule has 0 spiro atoms. The van der Waals surface area contributed by atoms with Crippen molar-refractivity contribution in [2.24, 2.45) is 0 Å². The molecule has 1 aromatic rings. The Balaban J connectivity index is 2.24. The summed E-state index contributed by atoms with van der Waals surface area (Å²) >= 11 is 1.84. The molecule has 0 radical (unpaired) electrons. The van der Waals surface area contributed by atoms with Gasteiger partial charge in [0.15, 0.2) is 0 Å². The van der Waals surface area contributed by atoms with E-state index in [9.17, 15) is 0 Å². The first-order valence-corrected chi connectivity index (χ1v) is 6.78. The lowest BCUT2D eigenvalue weighted by Gasteiger charge is -2.19. The van der Waals surface area contributed by atoms with Gasteiger partial charge in [0, 0.05) is 16.8 Å². The van der Waals surface area contributed by atoms with Gasteiger partial charge in [-0.3, -0.25) is 0 Å². The van der Waals surface area contributed by atoms with Gasteiger partial charge < -0.3 is 5.32 Å². The lowest BCUT2D eigenvalue weighted by molar-refractivity contribution is 0.431. The van der Waals surface area contributed by atoms with E-state index >= 15 is 0 Å². The maximum Gasteiger partial charge on any atom is 0.00966 e. The molecule has 0 fully saturated rings. The number of nitrogens with one attached hydrogen (secondary N) is 1. The Morgan fingerprint density at radius 3 is 2.75 bits per heavy atom. The quantitative estimate of drug-likeness (QED) is 0.602. The van der Waals surface area contributed by atoms with E-state index in [-0.39, 0.29) is 5.54 Å². The number of rotatable bonds is 5. The summed E-state index contributed by atoms with van der Waals surface area (Å²) in [5, 5.41) is 5.64. The van der Waals surface area contributed by atoms with Gasteiger partial charge in [-0.1, -0.05) is 17.7 Å². The third kappa shape index (κ3) is 6.09. The summed E-state index contributed by atoms with van der Waals surface area (Å²) in [6, 6.07) is 4.32. The van der Waals surface area contributed by atoms with Crippen molar-refractivity contribution in [1.29, 1.82) is 0 Å². The summed E-state index contributed by atoms with van der Waals surface area (Å²) in [6.07, 6.45) is 4.57. The van der Waals surface area contributed by atoms with Crippen LogP contribution in [0.4, 0.5) is 0 Å². The summed E-state index contributed by atoms with van der Waals surface area (Å²) in [5.74, 6) is 0. The Morgan fingerprint density at radius 2 is 2.19 bits per heavy atom. The molecule has 0 bridgehead atoms. The molecule has 1 nitrogen and oxygen atoms in total. The van der Waals surface area contributed by atoms with Crippen molar-refractivity contribution in [3.63, 3.8) is 0 Å². The first-order valence-electron chi connectivity index (χ1n) is 5.90. The van der Waals surface area contributed by atoms with E-state index in [4.69, 9.17) is 0 Å². The van der Waals surface area contributed by atoms with Crippen LogP contribution < -0.4 is 5.32 Å². The minimum absolute atomic E-state index is 0.232. The molecule has 0 unspecified atom stereocenters. The molecule has 2 heteroatoms. The van der Waals surface area contributed by atoms with Crippen molar-refractivity contribution in [3.05, 3.63) is 34.0 Å². The summed E-state index contributed by atoms with van der Waals surface area (Å²) in [4.78, 5) is 1.46. The van der Waals surface area contributed by atoms with Crippen molar-refractivity contribution in [1.82, 2.24) is 5.32 Å². The summed E-state index contributed by atoms with van der Waals surface area (Å²) < 4.78 is 0. The van der Waals surface area contributed by atoms with Crippen molar-refractivity contribution in [3.8, 4) is 0 Å². The second kappa shape index (κ2) is 6.21. The molecule has 0 aliphatic heterocycles. The molecule has 1 aromatic heterocycles. The average Bonchev–Trinajstić information content (AvgIpc) is 2.63. The average molecular weight is 237 g/mol. The Morgan fingerprint density at radius 1 is 1.44 bits per heavy atom. The maximum absolute atomic E-state index is 3.49. The molecular weight excluding hydrogens is 214 g/mol. The predicted molar refractivity (Wildman–Crippen MR) is 74.2 cm³/mol. The molecule has 90 valence electrons. The SMILES string of the molecule is CC(=CCCNC(C)(C)C)Cc1cccs1. The van der Waals surface area contributed by atoms with E-state index in [1.807, 2.05) is 11.3 Å². The molecule has 0 amide bonds. The van der Waals surface area contributed by atoms with Gasteiger partial charge in [0.05, 0.1) is 0 Å². The van der Waals surface area contributed by atoms with E-state index in [0.717, 1.165) is 19.4 Å². The molecule has 0 aromatic carbocycles. The van der Waals surface area contributed by atoms with Crippen molar-refractivity contribution in [2.75, 3.05) is 6.54 Å². The van der Waals surface area contributed by atoms with Gasteiger partial charge in [-0.05, 0) is 52.1 Å². The van der Waals surface area contributed by atoms with Crippen LogP contribution in [0.3, 0.4) is 0 Å². The third-order valence-electron chi connectivity index (χ3n) is 2.33. The monoisotopic (exact) mass is 237 g/mol. The molecule has 0 aliphatic carbocycles. The van der Waals surface area contributed by atoms with Gasteiger partial charge in [0.25, 0.3) is 0 Å². The third-order valence-corrected chi connectivity index (χ3v) is 3.20. The van der Waals surface area contributed by atoms with E-state index in [1.165, 1.54) is 10.5 Å². The minimum atomic E-state index is 0.232. The van der Waals surface area contributed by atoms with Crippen LogP contribution in [0, 0.1) is 0 Å². The molecule has 0 atom stereocenters. The maximum atomic E-state index is 3.49. The van der Waals surface area contributed by atoms with Crippen LogP contribution in [-0.4, -0.2) is 12.1 Å². The Kier molecular flexibility index (Phi) is 5.23. The van der Waals surface area contributed by atoms with Crippen LogP contribution in [0.15, 0.2) is 29.2 Å². The first-order chi connectivity index (χ1) is 7.47. The second-order valence-corrected chi connectivity index (χ2v) is 6.30. The van der Waals surface area contributed by atoms with E-state index < -0.39 is 0 Å². The topological polar surface area (TPSA) is 12.0 Å². The van der Waals surface area contributed by atoms with Gasteiger partial charge in [-0.25, -0.2) is 0 Å². The van der Waals surface area contributed by atoms with Gasteiger partial charge in [-0.2, -0.15) is 0 Å². The summed E-state index contributed by atoms with van der Waals surface area (Å²) in [5.41, 5.74) is 1.70. The fourth-order valence-corrected chi connectivity index (χ4v) is 2.33. The van der Waals surface area contributed by atoms with Gasteiger partial charge in [0.2, 0.25) is 0 Å². The fraction of sp³-hybridized carbons (Fsp3) is 0.571. The molecule has 1 rings (SSSR count). The smallest absolute Gasteiger partial charge is 0.00966 e. The van der Waals surface area contributed by atoms with Crippen LogP contribution in [-0.2, 0) is 6.42 Å². The Labute approximate surface area is 104 Å². The second-order valence-electron chi connectivity index (χ2n) is 5.27. The molecule has 1 N–H and O–H groups in total. The summed E-state index contributed by atoms with van der Waals surface area (Å²) in [7, 11) is 0. The van der Waals surface area contributed by atoms with Crippen LogP contribution >= 0.6 is 11.3 Å². The van der Waals surface area contributed by atoms with Gasteiger partial charge in [0.1, 0.15) is 0 Å². The zero-order valence-corrected chi connectivity index (χ0v) is 11.7. The lowest BCUT2D eigenvalue weighted by atomic mass is 10.1. The highest BCUT2D eigenvalue weighted by Gasteiger charge is 2.06. The van der Waals surface area contributed by atoms with E-state index in [2.05, 4.69) is 56.6 Å². The highest BCUT2D eigenvalue weighted by Crippen LogP contribution is 2.14. The zero-order chi connectivity index (χ0) is 12.0. The highest BCUT2D eigenvalue weighted by molar-refractivity contribution is 7.09. The summed E-state index contributed by atoms with van der Waals surface area (Å²) in [6.45, 7) is 9.89. The van der Waals surface area contributed by atoms with Crippen LogP contribution in [0.1, 0.15) is 39.0 Å². The number of hydrogen-bond acceptors (Lipinski definition) is 2. The Bertz CT molecular complexity index is 317. The molecule has 16 heavy (non-hydrogen) atoms. The first kappa shape index (κ1) is 13.5. The lowest BCUT2D eigenvalue weighted by Crippen LogP contribution is -2.36. The Hall–Kier alpha value is -0.600. The van der Waals surface area contributed by atoms with Crippen LogP contribution in [0.2, 0.25) is 0 Å². The van der Waals surface area contributed by atoms with Crippen molar-refractivity contribution >= 4 is 11.3 Å². The van der Waals surface area contributed by atoms with Gasteiger partial charge >= 0.3 is 0 Å². The number of hydrogen-bond donors (Lipinski definition) is 1. The van der Waals surface area contributed by atoms with Crippen molar-refractivity contribution in [2.45, 2.75) is 46.1 Å². The minimum Gasteiger partial charge on any atom is -0.312 e. The predicted octanol–water partition coefficient (Wildman–Crippen LogP) is 4.02. The number of allylic oxidation sites excluding steroid dienone is 1. The molecule has 0 saturated heterocycles. The molecule has 0 aliphatic rings. The van der Waals surface area contributed by atoms with Crippen LogP contribution in [0.25, 0.3) is 0 Å². The van der Waals surface area contributed by atoms with E-state index in [0.29, 0.717) is 0 Å². The van der Waals surface area contributed by atoms with E-state index in [1.54, 1.807) is 0 Å². The molecule has 1 heterocycles. The number of thiophene rings is 1. The zero-order valence-electron chi connectivity index (χ0n) is 10.8. The molecule has 0 saturated carbocycles. The highest BCUT2D eigenvalue weighted by atomic mass is 32.1. The van der Waals surface area contributed by atoms with Gasteiger partial charge in [-0.15, -0.1) is 11.3 Å². The van der Waals surface area contributed by atoms with Crippen molar-refractivity contribution < 1.29 is 0 Å². The standard InChI is InChI=1S/C14H23NS/c1-12(11-13-8-6-10-16-13)7-5-9-15-14(2,3)4/h6-8,10,15H,5,9,11H2,1-4H3. The fourth-order valence-electron chi connectivity index (χ4n) is 1.53. The van der Waals surface area contributed by atoms with Crippen LogP contribution in [0.5, 0.6) is 0 Å². The molecular formula is C14H23NS.